The summed E-state index contributed by atoms with van der Waals surface area (Å²) in [6.45, 7) is 11.9. The number of anilines is 2. The maximum absolute atomic E-state index is 13.3. The second-order valence-corrected chi connectivity index (χ2v) is 18.6. The van der Waals surface area contributed by atoms with Crippen LogP contribution in [0.3, 0.4) is 0 Å². The molecule has 4 fully saturated rings. The lowest BCUT2D eigenvalue weighted by Crippen LogP contribution is -2.53. The van der Waals surface area contributed by atoms with Gasteiger partial charge < -0.3 is 19.4 Å². The number of nitrogens with one attached hydrogen (secondary N) is 1. The number of hydrogen-bond acceptors (Lipinski definition) is 10. The van der Waals surface area contributed by atoms with Crippen LogP contribution in [0.25, 0.3) is 11.0 Å². The van der Waals surface area contributed by atoms with Gasteiger partial charge in [-0.15, -0.1) is 0 Å². The number of nitriles is 1. The van der Waals surface area contributed by atoms with Crippen LogP contribution in [-0.2, 0) is 28.7 Å². The first-order chi connectivity index (χ1) is 29.9. The summed E-state index contributed by atoms with van der Waals surface area (Å²) in [6.07, 6.45) is 7.22. The van der Waals surface area contributed by atoms with Crippen LogP contribution in [0, 0.1) is 29.1 Å². The molecule has 1 unspecified atom stereocenters. The molecule has 5 aromatic rings. The highest BCUT2D eigenvalue weighted by molar-refractivity contribution is 6.30. The maximum Gasteiger partial charge on any atom is 0.329 e. The van der Waals surface area contributed by atoms with Gasteiger partial charge in [0, 0.05) is 74.4 Å². The van der Waals surface area contributed by atoms with Crippen molar-refractivity contribution in [2.24, 2.45) is 24.8 Å². The molecule has 322 valence electrons. The third-order valence-corrected chi connectivity index (χ3v) is 14.2. The minimum absolute atomic E-state index is 0.230. The molecule has 3 aromatic carbocycles. The number of rotatable bonds is 11. The van der Waals surface area contributed by atoms with E-state index in [2.05, 4.69) is 69.2 Å². The number of fused-ring (bicyclic) bond motifs is 1. The Balaban J connectivity index is 0.709. The van der Waals surface area contributed by atoms with E-state index < -0.39 is 11.9 Å². The van der Waals surface area contributed by atoms with Crippen molar-refractivity contribution in [1.29, 1.82) is 5.26 Å². The van der Waals surface area contributed by atoms with Crippen LogP contribution in [0.1, 0.15) is 80.8 Å². The first-order valence-electron chi connectivity index (χ1n) is 22.0. The number of likely N-dealkylation sites (tertiary alicyclic amines) is 1. The number of nitrogens with zero attached hydrogens (tertiary/aromatic N) is 8. The molecule has 0 aliphatic carbocycles. The fraction of sp³-hybridized carbons (Fsp3) is 0.458. The first-order valence-corrected chi connectivity index (χ1v) is 22.3. The van der Waals surface area contributed by atoms with E-state index in [1.807, 2.05) is 42.6 Å². The summed E-state index contributed by atoms with van der Waals surface area (Å²) < 4.78 is 9.31. The van der Waals surface area contributed by atoms with Crippen molar-refractivity contribution in [3.8, 4) is 11.8 Å². The Morgan fingerprint density at radius 1 is 0.855 bits per heavy atom. The molecular formula is C48H54ClN9O4. The maximum atomic E-state index is 13.3. The number of aromatic nitrogens is 4. The van der Waals surface area contributed by atoms with Gasteiger partial charge in [-0.05, 0) is 123 Å². The Labute approximate surface area is 367 Å². The minimum atomic E-state index is -0.675. The average molecular weight is 856 g/mol. The minimum Gasteiger partial charge on any atom is -0.487 e. The van der Waals surface area contributed by atoms with Gasteiger partial charge in [0.25, 0.3) is 0 Å². The van der Waals surface area contributed by atoms with Gasteiger partial charge in [-0.25, -0.2) is 14.8 Å². The SMILES string of the molecule is Cn1c(=O)n(C2CCC(=O)NC2=O)c2ccc(N3CCC(C4CCN(CC5CN(c6nccc(COc7ccc(C(C)(C)c8cc(Cl)cc(C#N)c8)cc7)n6)C5)CC4)CC3)cc21. The Bertz CT molecular complexity index is 2580. The van der Waals surface area contributed by atoms with Gasteiger partial charge >= 0.3 is 5.69 Å². The summed E-state index contributed by atoms with van der Waals surface area (Å²) in [4.78, 5) is 54.4. The number of piperidine rings is 3. The summed E-state index contributed by atoms with van der Waals surface area (Å²) in [5, 5.41) is 12.4. The second kappa shape index (κ2) is 17.2. The third-order valence-electron chi connectivity index (χ3n) is 14.0. The molecule has 6 heterocycles. The van der Waals surface area contributed by atoms with Crippen molar-refractivity contribution in [2.45, 2.75) is 70.4 Å². The van der Waals surface area contributed by atoms with Crippen LogP contribution in [0.15, 0.2) is 77.7 Å². The molecule has 62 heavy (non-hydrogen) atoms. The standard InChI is InChI=1S/C48H54ClN9O4/c1-48(2,36-22-31(26-50)23-37(49)24-36)35-4-7-40(8-5-35)62-30-38-12-17-51-46(52-38)57-28-32(29-57)27-55-18-13-33(14-19-55)34-15-20-56(21-16-34)39-6-9-41-43(25-39)54(3)47(61)58(41)42-10-11-44(59)53-45(42)60/h4-9,12,17,22-25,32-34,42H,10-11,13-16,18-21,27-30H2,1-3H3,(H,53,59,60). The number of halogens is 1. The van der Waals surface area contributed by atoms with Crippen molar-refractivity contribution in [3.05, 3.63) is 111 Å². The zero-order valence-electron chi connectivity index (χ0n) is 35.7. The molecule has 4 saturated heterocycles. The van der Waals surface area contributed by atoms with E-state index in [1.165, 1.54) is 25.7 Å². The van der Waals surface area contributed by atoms with Crippen molar-refractivity contribution in [1.82, 2.24) is 29.3 Å². The summed E-state index contributed by atoms with van der Waals surface area (Å²) in [7, 11) is 1.75. The smallest absolute Gasteiger partial charge is 0.329 e. The number of carbonyl (C=O) groups is 2. The highest BCUT2D eigenvalue weighted by atomic mass is 35.5. The molecule has 4 aliphatic heterocycles. The van der Waals surface area contributed by atoms with E-state index in [4.69, 9.17) is 21.3 Å². The van der Waals surface area contributed by atoms with Crippen LogP contribution < -0.4 is 25.5 Å². The lowest BCUT2D eigenvalue weighted by Gasteiger charge is -2.44. The van der Waals surface area contributed by atoms with Gasteiger partial charge in [-0.1, -0.05) is 37.6 Å². The summed E-state index contributed by atoms with van der Waals surface area (Å²) in [6, 6.07) is 23.1. The number of imidazole rings is 1. The highest BCUT2D eigenvalue weighted by Gasteiger charge is 2.35. The summed E-state index contributed by atoms with van der Waals surface area (Å²) in [5.74, 6) is 2.92. The van der Waals surface area contributed by atoms with E-state index in [0.717, 1.165) is 103 Å². The summed E-state index contributed by atoms with van der Waals surface area (Å²) in [5.41, 5.74) is 5.54. The van der Waals surface area contributed by atoms with Crippen LogP contribution >= 0.6 is 11.6 Å². The molecule has 2 amide bonds. The van der Waals surface area contributed by atoms with Crippen molar-refractivity contribution in [2.75, 3.05) is 55.6 Å². The fourth-order valence-electron chi connectivity index (χ4n) is 10.2. The number of amides is 2. The molecule has 0 bridgehead atoms. The van der Waals surface area contributed by atoms with E-state index >= 15 is 0 Å². The Morgan fingerprint density at radius 2 is 1.58 bits per heavy atom. The molecule has 2 aromatic heterocycles. The molecule has 1 atom stereocenters. The molecule has 4 aliphatic rings. The van der Waals surface area contributed by atoms with Crippen LogP contribution in [0.4, 0.5) is 11.6 Å². The highest BCUT2D eigenvalue weighted by Crippen LogP contribution is 2.37. The molecular weight excluding hydrogens is 802 g/mol. The topological polar surface area (TPSA) is 142 Å². The van der Waals surface area contributed by atoms with Gasteiger partial charge in [-0.3, -0.25) is 24.0 Å². The molecule has 1 N–H and O–H groups in total. The van der Waals surface area contributed by atoms with Crippen molar-refractivity contribution >= 4 is 46.1 Å². The van der Waals surface area contributed by atoms with Crippen molar-refractivity contribution in [3.63, 3.8) is 0 Å². The van der Waals surface area contributed by atoms with Crippen LogP contribution in [-0.4, -0.2) is 81.6 Å². The number of hydrogen-bond donors (Lipinski definition) is 1. The fourth-order valence-corrected chi connectivity index (χ4v) is 10.4. The predicted octanol–water partition coefficient (Wildman–Crippen LogP) is 6.60. The largest absolute Gasteiger partial charge is 0.487 e. The molecule has 9 rings (SSSR count). The third kappa shape index (κ3) is 8.42. The molecule has 0 saturated carbocycles. The Morgan fingerprint density at radius 3 is 2.29 bits per heavy atom. The van der Waals surface area contributed by atoms with E-state index in [0.29, 0.717) is 29.5 Å². The van der Waals surface area contributed by atoms with Crippen molar-refractivity contribution < 1.29 is 14.3 Å². The zero-order chi connectivity index (χ0) is 43.1. The van der Waals surface area contributed by atoms with E-state index in [1.54, 1.807) is 22.2 Å². The van der Waals surface area contributed by atoms with E-state index in [-0.39, 0.29) is 23.4 Å². The number of ether oxygens (including phenoxy) is 1. The van der Waals surface area contributed by atoms with Gasteiger partial charge in [0.15, 0.2) is 0 Å². The number of benzene rings is 3. The van der Waals surface area contributed by atoms with E-state index in [9.17, 15) is 19.6 Å². The van der Waals surface area contributed by atoms with Gasteiger partial charge in [0.2, 0.25) is 17.8 Å². The number of imide groups is 1. The van der Waals surface area contributed by atoms with Crippen LogP contribution in [0.2, 0.25) is 5.02 Å². The average Bonchev–Trinajstić information content (AvgIpc) is 3.52. The Kier molecular flexibility index (Phi) is 11.6. The Hall–Kier alpha value is -5.71. The van der Waals surface area contributed by atoms with Gasteiger partial charge in [0.05, 0.1) is 28.4 Å². The van der Waals surface area contributed by atoms with Crippen LogP contribution in [0.5, 0.6) is 5.75 Å². The first kappa shape index (κ1) is 41.6. The predicted molar refractivity (Wildman–Crippen MR) is 240 cm³/mol. The summed E-state index contributed by atoms with van der Waals surface area (Å²) >= 11 is 6.31. The zero-order valence-corrected chi connectivity index (χ0v) is 36.5. The second-order valence-electron chi connectivity index (χ2n) is 18.2. The normalized spacial score (nSPS) is 19.7. The molecule has 14 heteroatoms. The van der Waals surface area contributed by atoms with Gasteiger partial charge in [0.1, 0.15) is 18.4 Å². The quantitative estimate of drug-likeness (QED) is 0.145. The molecule has 0 spiro atoms. The lowest BCUT2D eigenvalue weighted by atomic mass is 9.78. The lowest BCUT2D eigenvalue weighted by molar-refractivity contribution is -0.135. The molecule has 0 radical (unpaired) electrons. The monoisotopic (exact) mass is 855 g/mol. The molecule has 13 nitrogen and oxygen atoms in total. The number of aryl methyl sites for hydroxylation is 1. The van der Waals surface area contributed by atoms with Gasteiger partial charge in [-0.2, -0.15) is 5.26 Å². The number of carbonyl (C=O) groups excluding carboxylic acids is 2.